The summed E-state index contributed by atoms with van der Waals surface area (Å²) in [6.07, 6.45) is 0.403. The van der Waals surface area contributed by atoms with Crippen molar-refractivity contribution in [1.82, 2.24) is 28.7 Å². The minimum atomic E-state index is -4.26. The fraction of sp³-hybridized carbons (Fsp3) is 0.552. The van der Waals surface area contributed by atoms with Crippen molar-refractivity contribution in [2.24, 2.45) is 5.41 Å². The lowest BCUT2D eigenvalue weighted by molar-refractivity contribution is -0.126. The summed E-state index contributed by atoms with van der Waals surface area (Å²) >= 11 is 1.08. The zero-order chi connectivity index (χ0) is 31.6. The summed E-state index contributed by atoms with van der Waals surface area (Å²) in [5, 5.41) is 4.31. The molecule has 0 unspecified atom stereocenters. The Kier molecular flexibility index (Phi) is 7.61. The number of sulfonamides is 1. The summed E-state index contributed by atoms with van der Waals surface area (Å²) in [7, 11) is -3.18. The van der Waals surface area contributed by atoms with Gasteiger partial charge in [-0.1, -0.05) is 0 Å². The molecular formula is C29H35F3N8O3S2. The highest BCUT2D eigenvalue weighted by Crippen LogP contribution is 2.50. The molecule has 7 rings (SSSR count). The van der Waals surface area contributed by atoms with Crippen LogP contribution >= 0.6 is 11.3 Å². The van der Waals surface area contributed by atoms with E-state index in [1.54, 1.807) is 10.6 Å². The quantitative estimate of drug-likeness (QED) is 0.294. The van der Waals surface area contributed by atoms with Crippen molar-refractivity contribution in [2.45, 2.75) is 44.4 Å². The molecule has 0 amide bonds. The fourth-order valence-electron chi connectivity index (χ4n) is 7.20. The fourth-order valence-corrected chi connectivity index (χ4v) is 9.05. The molecule has 1 spiro atoms. The molecule has 5 heterocycles. The maximum absolute atomic E-state index is 13.0. The molecule has 3 aliphatic rings. The average Bonchev–Trinajstić information content (AvgIpc) is 3.65. The first-order valence-corrected chi connectivity index (χ1v) is 17.7. The van der Waals surface area contributed by atoms with Crippen LogP contribution in [0.5, 0.6) is 0 Å². The second-order valence-electron chi connectivity index (χ2n) is 12.7. The number of nitrogens with zero attached hydrogens (tertiary/aromatic N) is 6. The number of aromatic amines is 1. The Balaban J connectivity index is 0.951. The Morgan fingerprint density at radius 3 is 2.60 bits per heavy atom. The molecule has 2 aliphatic heterocycles. The number of aromatic nitrogens is 4. The third kappa shape index (κ3) is 6.29. The Morgan fingerprint density at radius 2 is 1.87 bits per heavy atom. The maximum atomic E-state index is 13.0. The van der Waals surface area contributed by atoms with E-state index >= 15 is 0 Å². The molecular weight excluding hydrogens is 630 g/mol. The summed E-state index contributed by atoms with van der Waals surface area (Å²) in [5.41, 5.74) is 2.51. The number of fused-ring (bicyclic) bond motifs is 2. The van der Waals surface area contributed by atoms with Gasteiger partial charge in [0.2, 0.25) is 10.0 Å². The molecule has 1 aromatic carbocycles. The predicted octanol–water partition coefficient (Wildman–Crippen LogP) is 3.49. The van der Waals surface area contributed by atoms with Gasteiger partial charge in [-0.15, -0.1) is 11.3 Å². The summed E-state index contributed by atoms with van der Waals surface area (Å²) in [6, 6.07) is 7.80. The molecule has 4 aromatic rings. The zero-order valence-electron chi connectivity index (χ0n) is 24.8. The normalized spacial score (nSPS) is 23.4. The van der Waals surface area contributed by atoms with E-state index in [4.69, 9.17) is 0 Å². The smallest absolute Gasteiger partial charge is 0.382 e. The number of benzene rings is 1. The van der Waals surface area contributed by atoms with Crippen molar-refractivity contribution >= 4 is 54.1 Å². The molecule has 45 heavy (non-hydrogen) atoms. The average molecular weight is 665 g/mol. The van der Waals surface area contributed by atoms with Crippen LogP contribution in [-0.4, -0.2) is 101 Å². The second kappa shape index (κ2) is 11.2. The van der Waals surface area contributed by atoms with E-state index in [0.29, 0.717) is 55.3 Å². The number of halogens is 3. The van der Waals surface area contributed by atoms with Gasteiger partial charge in [0.05, 0.1) is 29.1 Å². The summed E-state index contributed by atoms with van der Waals surface area (Å²) in [5.74, 6) is 0.716. The van der Waals surface area contributed by atoms with Gasteiger partial charge in [0, 0.05) is 69.0 Å². The zero-order valence-corrected chi connectivity index (χ0v) is 26.4. The monoisotopic (exact) mass is 664 g/mol. The van der Waals surface area contributed by atoms with Crippen LogP contribution in [0.1, 0.15) is 24.1 Å². The van der Waals surface area contributed by atoms with Gasteiger partial charge in [-0.3, -0.25) is 9.47 Å². The van der Waals surface area contributed by atoms with Crippen LogP contribution in [0.2, 0.25) is 0 Å². The van der Waals surface area contributed by atoms with Gasteiger partial charge in [0.15, 0.2) is 0 Å². The van der Waals surface area contributed by atoms with Crippen LogP contribution in [0.4, 0.5) is 24.7 Å². The minimum Gasteiger partial charge on any atom is -0.382 e. The highest BCUT2D eigenvalue weighted by atomic mass is 32.2. The van der Waals surface area contributed by atoms with Crippen molar-refractivity contribution in [1.29, 1.82) is 0 Å². The number of anilines is 2. The molecule has 0 bridgehead atoms. The van der Waals surface area contributed by atoms with Crippen molar-refractivity contribution in [3.8, 4) is 0 Å². The van der Waals surface area contributed by atoms with Gasteiger partial charge >= 0.3 is 11.9 Å². The molecule has 1 saturated carbocycles. The molecule has 0 radical (unpaired) electrons. The van der Waals surface area contributed by atoms with Gasteiger partial charge in [-0.2, -0.15) is 17.5 Å². The van der Waals surface area contributed by atoms with Gasteiger partial charge in [-0.25, -0.2) is 23.2 Å². The first-order valence-electron chi connectivity index (χ1n) is 15.1. The highest BCUT2D eigenvalue weighted by Gasteiger charge is 2.49. The van der Waals surface area contributed by atoms with E-state index in [0.717, 1.165) is 60.4 Å². The largest absolute Gasteiger partial charge is 0.393 e. The number of imidazole rings is 1. The number of hydrogen-bond acceptors (Lipinski definition) is 9. The van der Waals surface area contributed by atoms with Crippen LogP contribution in [0.25, 0.3) is 21.3 Å². The molecule has 3 fully saturated rings. The van der Waals surface area contributed by atoms with Crippen molar-refractivity contribution in [3.63, 3.8) is 0 Å². The summed E-state index contributed by atoms with van der Waals surface area (Å²) in [6.45, 7) is 4.98. The topological polar surface area (TPSA) is 119 Å². The Morgan fingerprint density at radius 1 is 1.09 bits per heavy atom. The molecule has 0 atom stereocenters. The third-order valence-electron chi connectivity index (χ3n) is 9.42. The molecule has 11 nitrogen and oxygen atoms in total. The Labute approximate surface area is 262 Å². The first kappa shape index (κ1) is 30.4. The molecule has 1 aliphatic carbocycles. The lowest BCUT2D eigenvalue weighted by Crippen LogP contribution is -2.49. The summed E-state index contributed by atoms with van der Waals surface area (Å²) < 4.78 is 65.7. The van der Waals surface area contributed by atoms with Crippen LogP contribution in [-0.2, 0) is 23.0 Å². The van der Waals surface area contributed by atoms with Gasteiger partial charge in [0.1, 0.15) is 17.0 Å². The number of nitrogens with one attached hydrogen (secondary N) is 2. The van der Waals surface area contributed by atoms with E-state index in [2.05, 4.69) is 30.1 Å². The summed E-state index contributed by atoms with van der Waals surface area (Å²) in [4.78, 5) is 29.6. The van der Waals surface area contributed by atoms with Gasteiger partial charge < -0.3 is 15.2 Å². The molecule has 2 saturated heterocycles. The molecule has 3 aromatic heterocycles. The third-order valence-corrected chi connectivity index (χ3v) is 11.8. The van der Waals surface area contributed by atoms with Crippen LogP contribution in [0.3, 0.4) is 0 Å². The van der Waals surface area contributed by atoms with Crippen LogP contribution in [0, 0.1) is 5.41 Å². The van der Waals surface area contributed by atoms with Crippen molar-refractivity contribution < 1.29 is 21.6 Å². The standard InChI is InChI=1S/C29H35F3N8O3S2/c1-45(42,43)39-9-6-37(7-10-39)8-11-40-24-3-2-19(12-23(24)36-27(40)41)35-20-14-28(15-20)4-5-38(17-28)25-22-13-21(16-29(30,31)32)44-26(22)34-18-33-25/h2-3,12-13,18,20,35H,4-11,14-17H2,1H3,(H,36,41). The Bertz CT molecular complexity index is 1890. The van der Waals surface area contributed by atoms with E-state index in [1.807, 2.05) is 18.2 Å². The number of alkyl halides is 3. The highest BCUT2D eigenvalue weighted by molar-refractivity contribution is 7.88. The Hall–Kier alpha value is -3.21. The van der Waals surface area contributed by atoms with Crippen molar-refractivity contribution in [2.75, 3.05) is 62.3 Å². The van der Waals surface area contributed by atoms with E-state index in [-0.39, 0.29) is 22.0 Å². The van der Waals surface area contributed by atoms with E-state index in [9.17, 15) is 26.4 Å². The second-order valence-corrected chi connectivity index (χ2v) is 15.8. The number of thiophene rings is 1. The van der Waals surface area contributed by atoms with Gasteiger partial charge in [-0.05, 0) is 48.9 Å². The van der Waals surface area contributed by atoms with Crippen LogP contribution < -0.4 is 15.9 Å². The number of hydrogen-bond donors (Lipinski definition) is 2. The number of H-pyrrole nitrogens is 1. The van der Waals surface area contributed by atoms with Crippen molar-refractivity contribution in [3.05, 3.63) is 46.0 Å². The van der Waals surface area contributed by atoms with Crippen LogP contribution in [0.15, 0.2) is 35.4 Å². The molecule has 2 N–H and O–H groups in total. The number of rotatable bonds is 8. The van der Waals surface area contributed by atoms with Gasteiger partial charge in [0.25, 0.3) is 0 Å². The predicted molar refractivity (Wildman–Crippen MR) is 168 cm³/mol. The minimum absolute atomic E-state index is 0.133. The number of piperazine rings is 1. The SMILES string of the molecule is CS(=O)(=O)N1CCN(CCn2c(=O)[nH]c3cc(NC4CC5(CCN(c6ncnc7sc(CC(F)(F)F)cc67)C5)C4)ccc32)CC1. The molecule has 16 heteroatoms. The van der Waals surface area contributed by atoms with E-state index in [1.165, 1.54) is 16.9 Å². The first-order chi connectivity index (χ1) is 21.3. The lowest BCUT2D eigenvalue weighted by atomic mass is 9.65. The maximum Gasteiger partial charge on any atom is 0.393 e. The lowest BCUT2D eigenvalue weighted by Gasteiger charge is -2.46. The molecule has 242 valence electrons. The van der Waals surface area contributed by atoms with E-state index < -0.39 is 22.6 Å².